The van der Waals surface area contributed by atoms with Crippen LogP contribution in [0, 0.1) is 5.92 Å². The van der Waals surface area contributed by atoms with Crippen LogP contribution in [-0.4, -0.2) is 33.7 Å². The van der Waals surface area contributed by atoms with E-state index in [1.807, 2.05) is 35.2 Å². The Morgan fingerprint density at radius 3 is 2.75 bits per heavy atom. The van der Waals surface area contributed by atoms with Crippen molar-refractivity contribution in [1.82, 2.24) is 10.1 Å². The molecule has 1 aromatic carbocycles. The molecule has 1 aliphatic carbocycles. The number of aliphatic hydroxyl groups is 1. The third-order valence-corrected chi connectivity index (χ3v) is 5.67. The molecular formula is C19H22N2O3. The number of aromatic nitrogens is 1. The van der Waals surface area contributed by atoms with Gasteiger partial charge in [0.25, 0.3) is 5.91 Å². The zero-order valence-corrected chi connectivity index (χ0v) is 13.6. The van der Waals surface area contributed by atoms with Gasteiger partial charge in [-0.25, -0.2) is 0 Å². The number of piperidine rings is 1. The van der Waals surface area contributed by atoms with E-state index >= 15 is 0 Å². The second-order valence-electron chi connectivity index (χ2n) is 6.88. The molecule has 2 aliphatic rings. The van der Waals surface area contributed by atoms with Crippen LogP contribution in [0.25, 0.3) is 0 Å². The maximum Gasteiger partial charge on any atom is 0.276 e. The average molecular weight is 326 g/mol. The van der Waals surface area contributed by atoms with Crippen LogP contribution in [0.3, 0.4) is 0 Å². The van der Waals surface area contributed by atoms with Crippen LogP contribution < -0.4 is 0 Å². The van der Waals surface area contributed by atoms with E-state index in [-0.39, 0.29) is 17.9 Å². The first-order valence-corrected chi connectivity index (χ1v) is 8.69. The largest absolute Gasteiger partial charge is 0.385 e. The lowest BCUT2D eigenvalue weighted by molar-refractivity contribution is -0.110. The van der Waals surface area contributed by atoms with Gasteiger partial charge < -0.3 is 14.5 Å². The fraction of sp³-hybridized carbons (Fsp3) is 0.474. The summed E-state index contributed by atoms with van der Waals surface area (Å²) in [6, 6.07) is 11.6. The summed E-state index contributed by atoms with van der Waals surface area (Å²) in [4.78, 5) is 14.7. The molecule has 1 amide bonds. The first kappa shape index (κ1) is 15.4. The average Bonchev–Trinajstić information content (AvgIpc) is 3.17. The van der Waals surface area contributed by atoms with Crippen LogP contribution >= 0.6 is 0 Å². The first-order valence-electron chi connectivity index (χ1n) is 8.69. The number of likely N-dealkylation sites (tertiary alicyclic amines) is 1. The summed E-state index contributed by atoms with van der Waals surface area (Å²) in [6.07, 6.45) is 6.05. The maximum atomic E-state index is 12.8. The van der Waals surface area contributed by atoms with Gasteiger partial charge in [0.2, 0.25) is 0 Å². The molecule has 126 valence electrons. The number of hydrogen-bond donors (Lipinski definition) is 1. The molecular weight excluding hydrogens is 304 g/mol. The van der Waals surface area contributed by atoms with Crippen molar-refractivity contribution in [2.45, 2.75) is 43.7 Å². The number of hydrogen-bond acceptors (Lipinski definition) is 4. The zero-order valence-electron chi connectivity index (χ0n) is 13.6. The van der Waals surface area contributed by atoms with Gasteiger partial charge in [0.1, 0.15) is 6.26 Å². The third-order valence-electron chi connectivity index (χ3n) is 5.67. The highest BCUT2D eigenvalue weighted by Crippen LogP contribution is 2.47. The van der Waals surface area contributed by atoms with Gasteiger partial charge in [-0.2, -0.15) is 0 Å². The number of fused-ring (bicyclic) bond motifs is 1. The van der Waals surface area contributed by atoms with Gasteiger partial charge in [0.15, 0.2) is 5.69 Å². The fourth-order valence-corrected chi connectivity index (χ4v) is 4.49. The van der Waals surface area contributed by atoms with Crippen molar-refractivity contribution in [3.63, 3.8) is 0 Å². The van der Waals surface area contributed by atoms with Crippen molar-refractivity contribution < 1.29 is 14.4 Å². The first-order chi connectivity index (χ1) is 11.7. The summed E-state index contributed by atoms with van der Waals surface area (Å²) in [6.45, 7) is 0.540. The number of nitrogens with zero attached hydrogens (tertiary/aromatic N) is 2. The number of amides is 1. The van der Waals surface area contributed by atoms with Gasteiger partial charge in [-0.15, -0.1) is 0 Å². The van der Waals surface area contributed by atoms with Crippen LogP contribution in [0.4, 0.5) is 0 Å². The minimum atomic E-state index is -0.854. The number of benzene rings is 1. The van der Waals surface area contributed by atoms with Gasteiger partial charge in [0.05, 0.1) is 5.60 Å². The SMILES string of the molecule is O=C(c1ccon1)N1CC[C@](O)(c2ccccc2)[C@H]2CCCC[C@H]21. The van der Waals surface area contributed by atoms with E-state index in [1.54, 1.807) is 6.07 Å². The molecule has 1 aliphatic heterocycles. The summed E-state index contributed by atoms with van der Waals surface area (Å²) in [5, 5.41) is 15.3. The number of carbonyl (C=O) groups excluding carboxylic acids is 1. The summed E-state index contributed by atoms with van der Waals surface area (Å²) < 4.78 is 4.83. The zero-order chi connectivity index (χ0) is 16.6. The summed E-state index contributed by atoms with van der Waals surface area (Å²) in [5.74, 6) is -0.0194. The maximum absolute atomic E-state index is 12.8. The monoisotopic (exact) mass is 326 g/mol. The third kappa shape index (κ3) is 2.44. The lowest BCUT2D eigenvalue weighted by Crippen LogP contribution is -2.59. The molecule has 0 unspecified atom stereocenters. The molecule has 1 saturated carbocycles. The molecule has 2 fully saturated rings. The lowest BCUT2D eigenvalue weighted by Gasteiger charge is -2.52. The molecule has 5 nitrogen and oxygen atoms in total. The molecule has 1 saturated heterocycles. The lowest BCUT2D eigenvalue weighted by atomic mass is 9.66. The molecule has 1 N–H and O–H groups in total. The van der Waals surface area contributed by atoms with Crippen LogP contribution in [0.1, 0.15) is 48.2 Å². The van der Waals surface area contributed by atoms with Crippen LogP contribution in [0.2, 0.25) is 0 Å². The van der Waals surface area contributed by atoms with E-state index in [2.05, 4.69) is 5.16 Å². The molecule has 4 rings (SSSR count). The van der Waals surface area contributed by atoms with Crippen molar-refractivity contribution in [2.24, 2.45) is 5.92 Å². The van der Waals surface area contributed by atoms with Crippen LogP contribution in [0.5, 0.6) is 0 Å². The Bertz CT molecular complexity index is 701. The molecule has 5 heteroatoms. The summed E-state index contributed by atoms with van der Waals surface area (Å²) in [7, 11) is 0. The molecule has 0 bridgehead atoms. The van der Waals surface area contributed by atoms with Crippen molar-refractivity contribution in [2.75, 3.05) is 6.54 Å². The van der Waals surface area contributed by atoms with E-state index in [4.69, 9.17) is 4.52 Å². The Kier molecular flexibility index (Phi) is 3.88. The Balaban J connectivity index is 1.66. The number of rotatable bonds is 2. The van der Waals surface area contributed by atoms with E-state index in [9.17, 15) is 9.90 Å². The minimum absolute atomic E-state index is 0.0573. The smallest absolute Gasteiger partial charge is 0.276 e. The molecule has 0 radical (unpaired) electrons. The Morgan fingerprint density at radius 2 is 2.00 bits per heavy atom. The Hall–Kier alpha value is -2.14. The van der Waals surface area contributed by atoms with E-state index in [1.165, 1.54) is 6.26 Å². The molecule has 24 heavy (non-hydrogen) atoms. The van der Waals surface area contributed by atoms with Gasteiger partial charge >= 0.3 is 0 Å². The fourth-order valence-electron chi connectivity index (χ4n) is 4.49. The second kappa shape index (κ2) is 6.06. The predicted molar refractivity (Wildman–Crippen MR) is 88.2 cm³/mol. The van der Waals surface area contributed by atoms with Crippen molar-refractivity contribution in [3.8, 4) is 0 Å². The second-order valence-corrected chi connectivity index (χ2v) is 6.88. The highest BCUT2D eigenvalue weighted by molar-refractivity contribution is 5.92. The molecule has 0 spiro atoms. The van der Waals surface area contributed by atoms with E-state index in [0.29, 0.717) is 18.7 Å². The normalized spacial score (nSPS) is 30.0. The van der Waals surface area contributed by atoms with Crippen LogP contribution in [0.15, 0.2) is 47.2 Å². The molecule has 1 aromatic heterocycles. The van der Waals surface area contributed by atoms with Gasteiger partial charge in [-0.05, 0) is 24.8 Å². The molecule has 2 heterocycles. The topological polar surface area (TPSA) is 66.6 Å². The van der Waals surface area contributed by atoms with Gasteiger partial charge in [-0.1, -0.05) is 48.3 Å². The van der Waals surface area contributed by atoms with Gasteiger partial charge in [-0.3, -0.25) is 4.79 Å². The molecule has 2 aromatic rings. The quantitative estimate of drug-likeness (QED) is 0.921. The Morgan fingerprint density at radius 1 is 1.21 bits per heavy atom. The van der Waals surface area contributed by atoms with E-state index in [0.717, 1.165) is 31.2 Å². The van der Waals surface area contributed by atoms with Gasteiger partial charge in [0, 0.05) is 24.6 Å². The highest BCUT2D eigenvalue weighted by Gasteiger charge is 2.50. The van der Waals surface area contributed by atoms with Crippen molar-refractivity contribution >= 4 is 5.91 Å². The van der Waals surface area contributed by atoms with Crippen LogP contribution in [-0.2, 0) is 5.60 Å². The summed E-state index contributed by atoms with van der Waals surface area (Å²) >= 11 is 0. The summed E-state index contributed by atoms with van der Waals surface area (Å²) in [5.41, 5.74) is 0.465. The molecule has 3 atom stereocenters. The number of carbonyl (C=O) groups is 1. The van der Waals surface area contributed by atoms with E-state index < -0.39 is 5.60 Å². The minimum Gasteiger partial charge on any atom is -0.385 e. The van der Waals surface area contributed by atoms with Crippen molar-refractivity contribution in [3.05, 3.63) is 53.9 Å². The predicted octanol–water partition coefficient (Wildman–Crippen LogP) is 2.97. The standard InChI is InChI=1S/C19H22N2O3/c22-18(16-10-13-24-20-16)21-12-11-19(23,14-6-2-1-3-7-14)15-8-4-5-9-17(15)21/h1-3,6-7,10,13,15,17,23H,4-5,8-9,11-12H2/t15-,17+,19-/m0/s1. The van der Waals surface area contributed by atoms with Crippen molar-refractivity contribution in [1.29, 1.82) is 0 Å². The highest BCUT2D eigenvalue weighted by atomic mass is 16.5. The Labute approximate surface area is 141 Å².